The molecule has 1 aliphatic heterocycles. The zero-order valence-electron chi connectivity index (χ0n) is 14.4. The van der Waals surface area contributed by atoms with Gasteiger partial charge >= 0.3 is 0 Å². The first-order valence-corrected chi connectivity index (χ1v) is 8.90. The highest BCUT2D eigenvalue weighted by atomic mass is 16.5. The van der Waals surface area contributed by atoms with E-state index in [0.717, 1.165) is 52.1 Å². The van der Waals surface area contributed by atoms with Crippen LogP contribution in [0, 0.1) is 0 Å². The van der Waals surface area contributed by atoms with Crippen LogP contribution in [0.2, 0.25) is 0 Å². The average molecular weight is 321 g/mol. The van der Waals surface area contributed by atoms with E-state index in [0.29, 0.717) is 0 Å². The standard InChI is InChI=1S/C22H27NO/c1-2-3-19-4-6-20(7-5-19)8-9-21-10-12-22(13-11-21)18-23-14-16-24-17-15-23/h2,4-7,10-13H,1,3,8-9,14-18H2. The summed E-state index contributed by atoms with van der Waals surface area (Å²) in [5.74, 6) is 0. The molecule has 0 aliphatic carbocycles. The number of rotatable bonds is 7. The molecule has 1 heterocycles. The zero-order valence-corrected chi connectivity index (χ0v) is 14.4. The van der Waals surface area contributed by atoms with Crippen LogP contribution in [0.1, 0.15) is 22.3 Å². The van der Waals surface area contributed by atoms with Crippen LogP contribution in [0.3, 0.4) is 0 Å². The molecule has 0 bridgehead atoms. The van der Waals surface area contributed by atoms with Gasteiger partial charge in [-0.05, 0) is 41.5 Å². The summed E-state index contributed by atoms with van der Waals surface area (Å²) in [6, 6.07) is 18.0. The van der Waals surface area contributed by atoms with E-state index in [4.69, 9.17) is 4.74 Å². The fourth-order valence-electron chi connectivity index (χ4n) is 3.13. The van der Waals surface area contributed by atoms with E-state index < -0.39 is 0 Å². The minimum atomic E-state index is 0.865. The minimum absolute atomic E-state index is 0.865. The van der Waals surface area contributed by atoms with Crippen molar-refractivity contribution >= 4 is 0 Å². The van der Waals surface area contributed by atoms with Crippen molar-refractivity contribution in [1.29, 1.82) is 0 Å². The Morgan fingerprint density at radius 3 is 1.83 bits per heavy atom. The van der Waals surface area contributed by atoms with Gasteiger partial charge in [-0.25, -0.2) is 0 Å². The Balaban J connectivity index is 1.49. The van der Waals surface area contributed by atoms with Gasteiger partial charge in [0.2, 0.25) is 0 Å². The van der Waals surface area contributed by atoms with Crippen molar-refractivity contribution in [2.75, 3.05) is 26.3 Å². The minimum Gasteiger partial charge on any atom is -0.379 e. The van der Waals surface area contributed by atoms with Crippen LogP contribution < -0.4 is 0 Å². The van der Waals surface area contributed by atoms with Crippen LogP contribution in [-0.4, -0.2) is 31.2 Å². The fraction of sp³-hybridized carbons (Fsp3) is 0.364. The van der Waals surface area contributed by atoms with Crippen molar-refractivity contribution in [2.24, 2.45) is 0 Å². The molecule has 0 atom stereocenters. The van der Waals surface area contributed by atoms with E-state index in [1.54, 1.807) is 0 Å². The van der Waals surface area contributed by atoms with Gasteiger partial charge in [0.1, 0.15) is 0 Å². The summed E-state index contributed by atoms with van der Waals surface area (Å²) >= 11 is 0. The molecule has 1 fully saturated rings. The fourth-order valence-corrected chi connectivity index (χ4v) is 3.13. The molecular weight excluding hydrogens is 294 g/mol. The molecule has 0 unspecified atom stereocenters. The van der Waals surface area contributed by atoms with Gasteiger partial charge in [-0.2, -0.15) is 0 Å². The highest BCUT2D eigenvalue weighted by Crippen LogP contribution is 2.13. The van der Waals surface area contributed by atoms with Crippen molar-refractivity contribution in [3.63, 3.8) is 0 Å². The van der Waals surface area contributed by atoms with Gasteiger partial charge in [0.25, 0.3) is 0 Å². The second-order valence-corrected chi connectivity index (χ2v) is 6.51. The lowest BCUT2D eigenvalue weighted by atomic mass is 10.0. The third kappa shape index (κ3) is 5.05. The molecule has 1 saturated heterocycles. The molecule has 1 aliphatic rings. The Hall–Kier alpha value is -1.90. The Kier molecular flexibility index (Phi) is 6.22. The Morgan fingerprint density at radius 1 is 0.792 bits per heavy atom. The topological polar surface area (TPSA) is 12.5 Å². The maximum atomic E-state index is 5.40. The molecular formula is C22H27NO. The smallest absolute Gasteiger partial charge is 0.0594 e. The second-order valence-electron chi connectivity index (χ2n) is 6.51. The predicted octanol–water partition coefficient (Wildman–Crippen LogP) is 4.03. The number of nitrogens with zero attached hydrogens (tertiary/aromatic N) is 1. The highest BCUT2D eigenvalue weighted by molar-refractivity contribution is 5.27. The van der Waals surface area contributed by atoms with Gasteiger partial charge in [-0.15, -0.1) is 6.58 Å². The molecule has 3 rings (SSSR count). The molecule has 126 valence electrons. The number of benzene rings is 2. The number of ether oxygens (including phenoxy) is 1. The van der Waals surface area contributed by atoms with Gasteiger partial charge in [0.05, 0.1) is 13.2 Å². The third-order valence-electron chi connectivity index (χ3n) is 4.64. The van der Waals surface area contributed by atoms with E-state index in [2.05, 4.69) is 60.0 Å². The average Bonchev–Trinajstić information content (AvgIpc) is 2.63. The lowest BCUT2D eigenvalue weighted by Crippen LogP contribution is -2.35. The van der Waals surface area contributed by atoms with E-state index in [9.17, 15) is 0 Å². The van der Waals surface area contributed by atoms with Crippen molar-refractivity contribution in [1.82, 2.24) is 4.90 Å². The molecule has 2 heteroatoms. The van der Waals surface area contributed by atoms with Gasteiger partial charge < -0.3 is 4.74 Å². The molecule has 0 amide bonds. The number of hydrogen-bond donors (Lipinski definition) is 0. The van der Waals surface area contributed by atoms with E-state index in [1.807, 2.05) is 6.08 Å². The first-order chi connectivity index (χ1) is 11.8. The van der Waals surface area contributed by atoms with Crippen molar-refractivity contribution in [3.05, 3.63) is 83.4 Å². The predicted molar refractivity (Wildman–Crippen MR) is 100 cm³/mol. The van der Waals surface area contributed by atoms with Crippen molar-refractivity contribution in [3.8, 4) is 0 Å². The molecule has 0 aromatic heterocycles. The lowest BCUT2D eigenvalue weighted by molar-refractivity contribution is 0.0342. The number of allylic oxidation sites excluding steroid dienone is 1. The van der Waals surface area contributed by atoms with Crippen LogP contribution in [0.5, 0.6) is 0 Å². The molecule has 0 radical (unpaired) electrons. The third-order valence-corrected chi connectivity index (χ3v) is 4.64. The number of hydrogen-bond acceptors (Lipinski definition) is 2. The monoisotopic (exact) mass is 321 g/mol. The Morgan fingerprint density at radius 2 is 1.29 bits per heavy atom. The summed E-state index contributed by atoms with van der Waals surface area (Å²) in [4.78, 5) is 2.46. The van der Waals surface area contributed by atoms with E-state index >= 15 is 0 Å². The molecule has 2 aromatic rings. The second kappa shape index (κ2) is 8.81. The SMILES string of the molecule is C=CCc1ccc(CCc2ccc(CN3CCOCC3)cc2)cc1. The Bertz CT molecular complexity index is 624. The largest absolute Gasteiger partial charge is 0.379 e. The molecule has 2 aromatic carbocycles. The van der Waals surface area contributed by atoms with Crippen LogP contribution >= 0.6 is 0 Å². The zero-order chi connectivity index (χ0) is 16.6. The summed E-state index contributed by atoms with van der Waals surface area (Å²) in [5, 5.41) is 0. The van der Waals surface area contributed by atoms with Gasteiger partial charge in [0, 0.05) is 19.6 Å². The summed E-state index contributed by atoms with van der Waals surface area (Å²) in [7, 11) is 0. The summed E-state index contributed by atoms with van der Waals surface area (Å²) in [6.45, 7) is 8.65. The molecule has 24 heavy (non-hydrogen) atoms. The maximum Gasteiger partial charge on any atom is 0.0594 e. The van der Waals surface area contributed by atoms with Crippen molar-refractivity contribution in [2.45, 2.75) is 25.8 Å². The Labute approximate surface area is 145 Å². The van der Waals surface area contributed by atoms with Crippen molar-refractivity contribution < 1.29 is 4.74 Å². The van der Waals surface area contributed by atoms with Crippen LogP contribution in [0.4, 0.5) is 0 Å². The molecule has 2 nitrogen and oxygen atoms in total. The maximum absolute atomic E-state index is 5.40. The summed E-state index contributed by atoms with van der Waals surface area (Å²) < 4.78 is 5.40. The van der Waals surface area contributed by atoms with E-state index in [-0.39, 0.29) is 0 Å². The van der Waals surface area contributed by atoms with Gasteiger partial charge in [-0.1, -0.05) is 54.6 Å². The van der Waals surface area contributed by atoms with Gasteiger partial charge in [0.15, 0.2) is 0 Å². The van der Waals surface area contributed by atoms with Crippen LogP contribution in [0.15, 0.2) is 61.2 Å². The highest BCUT2D eigenvalue weighted by Gasteiger charge is 2.10. The molecule has 0 N–H and O–H groups in total. The number of morpholine rings is 1. The molecule has 0 saturated carbocycles. The van der Waals surface area contributed by atoms with E-state index in [1.165, 1.54) is 22.3 Å². The first kappa shape index (κ1) is 16.9. The molecule has 0 spiro atoms. The first-order valence-electron chi connectivity index (χ1n) is 8.90. The summed E-state index contributed by atoms with van der Waals surface area (Å²) in [5.41, 5.74) is 5.55. The quantitative estimate of drug-likeness (QED) is 0.714. The summed E-state index contributed by atoms with van der Waals surface area (Å²) in [6.07, 6.45) is 5.09. The van der Waals surface area contributed by atoms with Crippen LogP contribution in [0.25, 0.3) is 0 Å². The number of aryl methyl sites for hydroxylation is 2. The lowest BCUT2D eigenvalue weighted by Gasteiger charge is -2.26. The normalized spacial score (nSPS) is 15.3. The van der Waals surface area contributed by atoms with Crippen LogP contribution in [-0.2, 0) is 30.5 Å². The van der Waals surface area contributed by atoms with Gasteiger partial charge in [-0.3, -0.25) is 4.90 Å².